The van der Waals surface area contributed by atoms with Crippen LogP contribution in [0.15, 0.2) is 40.9 Å². The van der Waals surface area contributed by atoms with Crippen LogP contribution in [0.3, 0.4) is 0 Å². The lowest BCUT2D eigenvalue weighted by molar-refractivity contribution is 0.624. The van der Waals surface area contributed by atoms with Crippen LogP contribution in [0.5, 0.6) is 0 Å². The first-order valence-corrected chi connectivity index (χ1v) is 6.35. The highest BCUT2D eigenvalue weighted by molar-refractivity contribution is 9.10. The minimum Gasteiger partial charge on any atom is -0.381 e. The first-order valence-electron chi connectivity index (χ1n) is 5.18. The Kier molecular flexibility index (Phi) is 4.19. The Bertz CT molecular complexity index is 483. The summed E-state index contributed by atoms with van der Waals surface area (Å²) in [5, 5.41) is 3.30. The standard InChI is InChI=1S/C13H9BrClF2N/c14-9-1-8(2-11(16)3-9)7-18-13-5-10(15)4-12(17)6-13/h1-6,18H,7H2. The second-order valence-electron chi connectivity index (χ2n) is 3.79. The average molecular weight is 333 g/mol. The lowest BCUT2D eigenvalue weighted by Gasteiger charge is -2.08. The number of halogens is 4. The zero-order valence-corrected chi connectivity index (χ0v) is 11.5. The predicted octanol–water partition coefficient (Wildman–Crippen LogP) is 4.99. The molecule has 0 radical (unpaired) electrons. The van der Waals surface area contributed by atoms with Gasteiger partial charge in [-0.3, -0.25) is 0 Å². The third-order valence-electron chi connectivity index (χ3n) is 2.28. The number of anilines is 1. The number of hydrogen-bond acceptors (Lipinski definition) is 1. The van der Waals surface area contributed by atoms with Crippen molar-refractivity contribution in [3.8, 4) is 0 Å². The highest BCUT2D eigenvalue weighted by atomic mass is 79.9. The van der Waals surface area contributed by atoms with E-state index in [4.69, 9.17) is 11.6 Å². The fraction of sp³-hybridized carbons (Fsp3) is 0.0769. The summed E-state index contributed by atoms with van der Waals surface area (Å²) in [6, 6.07) is 8.75. The van der Waals surface area contributed by atoms with E-state index >= 15 is 0 Å². The van der Waals surface area contributed by atoms with Crippen LogP contribution in [0.2, 0.25) is 5.02 Å². The van der Waals surface area contributed by atoms with Gasteiger partial charge in [0.1, 0.15) is 11.6 Å². The molecule has 0 amide bonds. The van der Waals surface area contributed by atoms with E-state index < -0.39 is 5.82 Å². The maximum Gasteiger partial charge on any atom is 0.126 e. The summed E-state index contributed by atoms with van der Waals surface area (Å²) >= 11 is 8.95. The summed E-state index contributed by atoms with van der Waals surface area (Å²) in [6.45, 7) is 0.385. The van der Waals surface area contributed by atoms with Gasteiger partial charge in [0.25, 0.3) is 0 Å². The predicted molar refractivity (Wildman–Crippen MR) is 72.8 cm³/mol. The van der Waals surface area contributed by atoms with E-state index in [9.17, 15) is 8.78 Å². The molecule has 2 rings (SSSR count). The highest BCUT2D eigenvalue weighted by Gasteiger charge is 2.01. The van der Waals surface area contributed by atoms with E-state index in [2.05, 4.69) is 21.2 Å². The van der Waals surface area contributed by atoms with Crippen LogP contribution in [0, 0.1) is 11.6 Å². The molecule has 0 unspecified atom stereocenters. The minimum atomic E-state index is -0.412. The lowest BCUT2D eigenvalue weighted by Crippen LogP contribution is -2.00. The lowest BCUT2D eigenvalue weighted by atomic mass is 10.2. The second kappa shape index (κ2) is 5.67. The molecule has 0 aliphatic carbocycles. The zero-order chi connectivity index (χ0) is 13.1. The smallest absolute Gasteiger partial charge is 0.126 e. The van der Waals surface area contributed by atoms with Crippen molar-refractivity contribution in [2.45, 2.75) is 6.54 Å². The Balaban J connectivity index is 2.11. The van der Waals surface area contributed by atoms with Gasteiger partial charge in [0.2, 0.25) is 0 Å². The molecule has 18 heavy (non-hydrogen) atoms. The number of nitrogens with one attached hydrogen (secondary N) is 1. The summed E-state index contributed by atoms with van der Waals surface area (Å²) in [6.07, 6.45) is 0. The van der Waals surface area contributed by atoms with Crippen molar-refractivity contribution in [3.05, 3.63) is 63.1 Å². The molecule has 0 spiro atoms. The Morgan fingerprint density at radius 3 is 2.39 bits per heavy atom. The topological polar surface area (TPSA) is 12.0 Å². The van der Waals surface area contributed by atoms with Crippen LogP contribution in [-0.4, -0.2) is 0 Å². The molecule has 0 aromatic heterocycles. The van der Waals surface area contributed by atoms with Crippen molar-refractivity contribution in [3.63, 3.8) is 0 Å². The molecule has 0 bridgehead atoms. The quantitative estimate of drug-likeness (QED) is 0.834. The zero-order valence-electron chi connectivity index (χ0n) is 9.18. The van der Waals surface area contributed by atoms with Gasteiger partial charge in [-0.05, 0) is 42.0 Å². The molecule has 0 fully saturated rings. The van der Waals surface area contributed by atoms with E-state index in [1.807, 2.05) is 0 Å². The van der Waals surface area contributed by atoms with Crippen molar-refractivity contribution in [1.29, 1.82) is 0 Å². The van der Waals surface area contributed by atoms with Gasteiger partial charge in [-0.2, -0.15) is 0 Å². The molecule has 2 aromatic rings. The van der Waals surface area contributed by atoms with Gasteiger partial charge in [-0.25, -0.2) is 8.78 Å². The summed E-state index contributed by atoms with van der Waals surface area (Å²) in [5.41, 5.74) is 1.31. The van der Waals surface area contributed by atoms with Gasteiger partial charge < -0.3 is 5.32 Å². The SMILES string of the molecule is Fc1cc(Br)cc(CNc2cc(F)cc(Cl)c2)c1. The molecule has 5 heteroatoms. The maximum absolute atomic E-state index is 13.1. The van der Waals surface area contributed by atoms with Gasteiger partial charge in [0.15, 0.2) is 0 Å². The average Bonchev–Trinajstić information content (AvgIpc) is 2.23. The van der Waals surface area contributed by atoms with Gasteiger partial charge >= 0.3 is 0 Å². The molecular weight excluding hydrogens is 324 g/mol. The van der Waals surface area contributed by atoms with Crippen LogP contribution >= 0.6 is 27.5 Å². The van der Waals surface area contributed by atoms with Crippen LogP contribution in [0.4, 0.5) is 14.5 Å². The molecule has 0 aliphatic rings. The summed E-state index contributed by atoms with van der Waals surface area (Å²) in [7, 11) is 0. The highest BCUT2D eigenvalue weighted by Crippen LogP contribution is 2.20. The number of benzene rings is 2. The second-order valence-corrected chi connectivity index (χ2v) is 5.14. The Morgan fingerprint density at radius 2 is 1.72 bits per heavy atom. The third kappa shape index (κ3) is 3.68. The van der Waals surface area contributed by atoms with E-state index in [1.165, 1.54) is 24.3 Å². The van der Waals surface area contributed by atoms with E-state index in [-0.39, 0.29) is 5.82 Å². The largest absolute Gasteiger partial charge is 0.381 e. The van der Waals surface area contributed by atoms with Crippen LogP contribution in [0.1, 0.15) is 5.56 Å². The molecule has 1 nitrogen and oxygen atoms in total. The minimum absolute atomic E-state index is 0.318. The van der Waals surface area contributed by atoms with Crippen molar-refractivity contribution in [2.24, 2.45) is 0 Å². The summed E-state index contributed by atoms with van der Waals surface area (Å²) in [4.78, 5) is 0. The van der Waals surface area contributed by atoms with Gasteiger partial charge in [-0.15, -0.1) is 0 Å². The molecule has 94 valence electrons. The van der Waals surface area contributed by atoms with Crippen molar-refractivity contribution in [1.82, 2.24) is 0 Å². The fourth-order valence-electron chi connectivity index (χ4n) is 1.57. The third-order valence-corrected chi connectivity index (χ3v) is 2.96. The fourth-order valence-corrected chi connectivity index (χ4v) is 2.31. The molecule has 2 aromatic carbocycles. The molecule has 0 heterocycles. The van der Waals surface area contributed by atoms with Gasteiger partial charge in [0.05, 0.1) is 0 Å². The molecule has 0 aliphatic heterocycles. The Labute approximate surface area is 117 Å². The molecule has 0 atom stereocenters. The number of rotatable bonds is 3. The number of hydrogen-bond donors (Lipinski definition) is 1. The molecule has 0 saturated carbocycles. The van der Waals surface area contributed by atoms with Gasteiger partial charge in [0, 0.05) is 21.7 Å². The van der Waals surface area contributed by atoms with E-state index in [1.54, 1.807) is 12.1 Å². The first kappa shape index (κ1) is 13.3. The summed E-state index contributed by atoms with van der Waals surface area (Å²) < 4.78 is 26.9. The van der Waals surface area contributed by atoms with E-state index in [0.717, 1.165) is 5.56 Å². The van der Waals surface area contributed by atoms with Crippen LogP contribution in [-0.2, 0) is 6.54 Å². The Morgan fingerprint density at radius 1 is 1.00 bits per heavy atom. The first-order chi connectivity index (χ1) is 8.52. The van der Waals surface area contributed by atoms with Crippen molar-refractivity contribution >= 4 is 33.2 Å². The molecule has 0 saturated heterocycles. The normalized spacial score (nSPS) is 10.4. The Hall–Kier alpha value is -1.13. The van der Waals surface area contributed by atoms with E-state index in [0.29, 0.717) is 21.7 Å². The monoisotopic (exact) mass is 331 g/mol. The molecule has 1 N–H and O–H groups in total. The maximum atomic E-state index is 13.1. The van der Waals surface area contributed by atoms with Crippen LogP contribution < -0.4 is 5.32 Å². The van der Waals surface area contributed by atoms with Gasteiger partial charge in [-0.1, -0.05) is 27.5 Å². The van der Waals surface area contributed by atoms with Crippen molar-refractivity contribution < 1.29 is 8.78 Å². The van der Waals surface area contributed by atoms with Crippen LogP contribution in [0.25, 0.3) is 0 Å². The van der Waals surface area contributed by atoms with Crippen molar-refractivity contribution in [2.75, 3.05) is 5.32 Å². The summed E-state index contributed by atoms with van der Waals surface area (Å²) in [5.74, 6) is -0.733. The molecular formula is C13H9BrClF2N.